The summed E-state index contributed by atoms with van der Waals surface area (Å²) < 4.78 is 28.1. The highest BCUT2D eigenvalue weighted by atomic mass is 32.2. The fourth-order valence-corrected chi connectivity index (χ4v) is 4.54. The van der Waals surface area contributed by atoms with E-state index in [0.717, 1.165) is 19.6 Å². The van der Waals surface area contributed by atoms with Crippen LogP contribution in [0.4, 0.5) is 0 Å². The zero-order chi connectivity index (χ0) is 18.0. The highest BCUT2D eigenvalue weighted by Gasteiger charge is 2.30. The van der Waals surface area contributed by atoms with Gasteiger partial charge in [-0.3, -0.25) is 4.79 Å². The Morgan fingerprint density at radius 1 is 1.40 bits per heavy atom. The molecule has 3 rings (SSSR count). The van der Waals surface area contributed by atoms with Gasteiger partial charge in [-0.05, 0) is 25.5 Å². The van der Waals surface area contributed by atoms with Gasteiger partial charge in [0.2, 0.25) is 5.91 Å². The standard InChI is InChI=1S/C17H24N4O3S/c1-13-12-18-9-11-21(13)16(22)8-5-10-20(2)17-14-6-3-4-7-15(14)25(23,24)19-17/h3-4,6-7,13,18H,5,8-12H2,1-2H3. The van der Waals surface area contributed by atoms with Gasteiger partial charge in [-0.25, -0.2) is 0 Å². The highest BCUT2D eigenvalue weighted by Crippen LogP contribution is 2.27. The van der Waals surface area contributed by atoms with E-state index in [9.17, 15) is 13.2 Å². The SMILES string of the molecule is CC1CNCCN1C(=O)CCCN(C)C1=NS(=O)(=O)c2ccccc21. The average Bonchev–Trinajstić information content (AvgIpc) is 2.87. The largest absolute Gasteiger partial charge is 0.358 e. The smallest absolute Gasteiger partial charge is 0.285 e. The number of rotatable bonds is 4. The number of nitrogens with one attached hydrogen (secondary N) is 1. The van der Waals surface area contributed by atoms with Gasteiger partial charge in [0.05, 0.1) is 0 Å². The van der Waals surface area contributed by atoms with Crippen molar-refractivity contribution in [3.63, 3.8) is 0 Å². The molecule has 1 saturated heterocycles. The van der Waals surface area contributed by atoms with Crippen molar-refractivity contribution in [1.82, 2.24) is 15.1 Å². The van der Waals surface area contributed by atoms with Gasteiger partial charge in [0, 0.05) is 51.3 Å². The predicted molar refractivity (Wildman–Crippen MR) is 96.1 cm³/mol. The van der Waals surface area contributed by atoms with Crippen LogP contribution < -0.4 is 5.32 Å². The first-order valence-electron chi connectivity index (χ1n) is 8.56. The lowest BCUT2D eigenvalue weighted by molar-refractivity contribution is -0.134. The normalized spacial score (nSPS) is 21.6. The highest BCUT2D eigenvalue weighted by molar-refractivity contribution is 7.90. The van der Waals surface area contributed by atoms with Gasteiger partial charge >= 0.3 is 0 Å². The molecule has 2 aliphatic rings. The first kappa shape index (κ1) is 17.9. The zero-order valence-corrected chi connectivity index (χ0v) is 15.4. The van der Waals surface area contributed by atoms with Crippen molar-refractivity contribution in [2.24, 2.45) is 4.40 Å². The Balaban J connectivity index is 1.59. The minimum absolute atomic E-state index is 0.156. The zero-order valence-electron chi connectivity index (χ0n) is 14.6. The summed E-state index contributed by atoms with van der Waals surface area (Å²) in [5, 5.41) is 3.27. The third-order valence-corrected chi connectivity index (χ3v) is 6.00. The second kappa shape index (κ2) is 7.13. The number of nitrogens with zero attached hydrogens (tertiary/aromatic N) is 3. The molecular formula is C17H24N4O3S. The first-order valence-corrected chi connectivity index (χ1v) is 10.00. The van der Waals surface area contributed by atoms with Crippen LogP contribution in [0.25, 0.3) is 0 Å². The molecule has 2 aliphatic heterocycles. The monoisotopic (exact) mass is 364 g/mol. The third kappa shape index (κ3) is 3.69. The van der Waals surface area contributed by atoms with E-state index >= 15 is 0 Å². The van der Waals surface area contributed by atoms with E-state index in [1.807, 2.05) is 23.8 Å². The Morgan fingerprint density at radius 3 is 2.92 bits per heavy atom. The summed E-state index contributed by atoms with van der Waals surface area (Å²) in [6.45, 7) is 5.03. The molecule has 7 nitrogen and oxygen atoms in total. The molecule has 1 aromatic rings. The fourth-order valence-electron chi connectivity index (χ4n) is 3.29. The summed E-state index contributed by atoms with van der Waals surface area (Å²) >= 11 is 0. The molecule has 1 atom stereocenters. The Kier molecular flexibility index (Phi) is 5.10. The molecule has 0 spiro atoms. The molecule has 1 aromatic carbocycles. The number of benzene rings is 1. The van der Waals surface area contributed by atoms with Crippen molar-refractivity contribution in [2.45, 2.75) is 30.7 Å². The second-order valence-corrected chi connectivity index (χ2v) is 8.12. The maximum atomic E-state index is 12.4. The molecule has 2 heterocycles. The first-order chi connectivity index (χ1) is 11.9. The van der Waals surface area contributed by atoms with E-state index in [2.05, 4.69) is 9.71 Å². The van der Waals surface area contributed by atoms with E-state index in [1.54, 1.807) is 24.3 Å². The van der Waals surface area contributed by atoms with Crippen molar-refractivity contribution in [1.29, 1.82) is 0 Å². The molecule has 1 fully saturated rings. The van der Waals surface area contributed by atoms with E-state index in [1.165, 1.54) is 0 Å². The summed E-state index contributed by atoms with van der Waals surface area (Å²) in [4.78, 5) is 16.4. The summed E-state index contributed by atoms with van der Waals surface area (Å²) in [5.41, 5.74) is 0.632. The van der Waals surface area contributed by atoms with Crippen molar-refractivity contribution in [2.75, 3.05) is 33.2 Å². The Hall–Kier alpha value is -1.93. The van der Waals surface area contributed by atoms with Gasteiger partial charge < -0.3 is 15.1 Å². The molecule has 0 radical (unpaired) electrons. The van der Waals surface area contributed by atoms with Crippen LogP contribution in [0.3, 0.4) is 0 Å². The van der Waals surface area contributed by atoms with E-state index < -0.39 is 10.0 Å². The van der Waals surface area contributed by atoms with E-state index in [0.29, 0.717) is 30.8 Å². The molecule has 0 aromatic heterocycles. The summed E-state index contributed by atoms with van der Waals surface area (Å²) in [6.07, 6.45) is 1.11. The predicted octanol–water partition coefficient (Wildman–Crippen LogP) is 0.668. The molecule has 0 aliphatic carbocycles. The van der Waals surface area contributed by atoms with Crippen LogP contribution >= 0.6 is 0 Å². The minimum atomic E-state index is -3.60. The van der Waals surface area contributed by atoms with Crippen molar-refractivity contribution < 1.29 is 13.2 Å². The number of carbonyl (C=O) groups is 1. The van der Waals surface area contributed by atoms with Crippen LogP contribution in [-0.4, -0.2) is 69.2 Å². The molecular weight excluding hydrogens is 340 g/mol. The lowest BCUT2D eigenvalue weighted by Crippen LogP contribution is -2.52. The fraction of sp³-hybridized carbons (Fsp3) is 0.529. The summed E-state index contributed by atoms with van der Waals surface area (Å²) in [7, 11) is -1.79. The molecule has 0 bridgehead atoms. The molecule has 136 valence electrons. The van der Waals surface area contributed by atoms with Crippen molar-refractivity contribution in [3.8, 4) is 0 Å². The number of hydrogen-bond donors (Lipinski definition) is 1. The number of amidine groups is 1. The summed E-state index contributed by atoms with van der Waals surface area (Å²) in [5.74, 6) is 0.613. The van der Waals surface area contributed by atoms with Crippen LogP contribution in [0, 0.1) is 0 Å². The third-order valence-electron chi connectivity index (χ3n) is 4.68. The Bertz CT molecular complexity index is 791. The van der Waals surface area contributed by atoms with Crippen molar-refractivity contribution in [3.05, 3.63) is 29.8 Å². The van der Waals surface area contributed by atoms with E-state index in [4.69, 9.17) is 0 Å². The number of fused-ring (bicyclic) bond motifs is 1. The van der Waals surface area contributed by atoms with Gasteiger partial charge in [-0.15, -0.1) is 4.40 Å². The number of sulfonamides is 1. The molecule has 1 N–H and O–H groups in total. The number of piperazine rings is 1. The molecule has 8 heteroatoms. The molecule has 1 unspecified atom stereocenters. The van der Waals surface area contributed by atoms with Gasteiger partial charge in [0.1, 0.15) is 10.7 Å². The van der Waals surface area contributed by atoms with E-state index in [-0.39, 0.29) is 16.8 Å². The number of hydrogen-bond acceptors (Lipinski definition) is 5. The quantitative estimate of drug-likeness (QED) is 0.849. The topological polar surface area (TPSA) is 82.1 Å². The average molecular weight is 364 g/mol. The lowest BCUT2D eigenvalue weighted by atomic mass is 10.1. The maximum Gasteiger partial charge on any atom is 0.285 e. The minimum Gasteiger partial charge on any atom is -0.358 e. The maximum absolute atomic E-state index is 12.4. The Morgan fingerprint density at radius 2 is 2.16 bits per heavy atom. The van der Waals surface area contributed by atoms with Crippen LogP contribution in [-0.2, 0) is 14.8 Å². The second-order valence-electron chi connectivity index (χ2n) is 6.55. The number of amides is 1. The van der Waals surface area contributed by atoms with Gasteiger partial charge in [0.25, 0.3) is 10.0 Å². The molecule has 0 saturated carbocycles. The van der Waals surface area contributed by atoms with Gasteiger partial charge in [-0.2, -0.15) is 8.42 Å². The number of carbonyl (C=O) groups excluding carboxylic acids is 1. The molecule has 1 amide bonds. The van der Waals surface area contributed by atoms with Crippen LogP contribution in [0.5, 0.6) is 0 Å². The lowest BCUT2D eigenvalue weighted by Gasteiger charge is -2.34. The summed E-state index contributed by atoms with van der Waals surface area (Å²) in [6, 6.07) is 7.06. The molecule has 25 heavy (non-hydrogen) atoms. The van der Waals surface area contributed by atoms with Crippen LogP contribution in [0.2, 0.25) is 0 Å². The van der Waals surface area contributed by atoms with Gasteiger partial charge in [-0.1, -0.05) is 12.1 Å². The van der Waals surface area contributed by atoms with Crippen LogP contribution in [0.15, 0.2) is 33.6 Å². The van der Waals surface area contributed by atoms with Gasteiger partial charge in [0.15, 0.2) is 0 Å². The Labute approximate surface area is 148 Å². The van der Waals surface area contributed by atoms with Crippen molar-refractivity contribution >= 4 is 21.8 Å². The van der Waals surface area contributed by atoms with Crippen LogP contribution in [0.1, 0.15) is 25.3 Å².